The molecule has 3 heteroatoms. The predicted octanol–water partition coefficient (Wildman–Crippen LogP) is 3.78. The fourth-order valence-corrected chi connectivity index (χ4v) is 2.70. The van der Waals surface area contributed by atoms with Crippen molar-refractivity contribution in [3.8, 4) is 11.1 Å². The van der Waals surface area contributed by atoms with Crippen LogP contribution < -0.4 is 0 Å². The summed E-state index contributed by atoms with van der Waals surface area (Å²) in [7, 11) is -1.03. The molecule has 0 amide bonds. The van der Waals surface area contributed by atoms with Gasteiger partial charge in [0.05, 0.1) is 15.7 Å². The second-order valence-corrected chi connectivity index (χ2v) is 7.00. The molecule has 0 saturated heterocycles. The summed E-state index contributed by atoms with van der Waals surface area (Å²) in [5, 5.41) is 0. The standard InChI is InChI=1S/C16H19NOS/c1-16(2,3)13-7-5-12(6-8-13)14-9-10-17-11-15(14)19(4)18/h5-11H,1-4H3. The summed E-state index contributed by atoms with van der Waals surface area (Å²) in [5.41, 5.74) is 3.52. The number of rotatable bonds is 2. The van der Waals surface area contributed by atoms with E-state index in [0.29, 0.717) is 0 Å². The fourth-order valence-electron chi connectivity index (χ4n) is 2.00. The van der Waals surface area contributed by atoms with E-state index in [9.17, 15) is 4.21 Å². The van der Waals surface area contributed by atoms with Gasteiger partial charge in [-0.1, -0.05) is 45.0 Å². The Bertz CT molecular complexity index is 597. The molecule has 1 atom stereocenters. The monoisotopic (exact) mass is 273 g/mol. The van der Waals surface area contributed by atoms with E-state index in [1.54, 1.807) is 18.6 Å². The molecule has 0 spiro atoms. The van der Waals surface area contributed by atoms with Crippen LogP contribution in [-0.2, 0) is 16.2 Å². The molecule has 0 aliphatic rings. The summed E-state index contributed by atoms with van der Waals surface area (Å²) in [6, 6.07) is 10.4. The second-order valence-electron chi connectivity index (χ2n) is 5.65. The van der Waals surface area contributed by atoms with Crippen LogP contribution in [0.4, 0.5) is 0 Å². The summed E-state index contributed by atoms with van der Waals surface area (Å²) in [5.74, 6) is 0. The third-order valence-electron chi connectivity index (χ3n) is 3.16. The van der Waals surface area contributed by atoms with Crippen LogP contribution in [0.25, 0.3) is 11.1 Å². The van der Waals surface area contributed by atoms with Gasteiger partial charge in [-0.3, -0.25) is 9.19 Å². The van der Waals surface area contributed by atoms with E-state index in [4.69, 9.17) is 0 Å². The van der Waals surface area contributed by atoms with Crippen molar-refractivity contribution in [3.63, 3.8) is 0 Å². The Morgan fingerprint density at radius 1 is 1.05 bits per heavy atom. The molecule has 1 heterocycles. The first-order valence-electron chi connectivity index (χ1n) is 6.28. The zero-order valence-corrected chi connectivity index (χ0v) is 12.6. The summed E-state index contributed by atoms with van der Waals surface area (Å²) >= 11 is 0. The van der Waals surface area contributed by atoms with Crippen LogP contribution in [0.1, 0.15) is 26.3 Å². The highest BCUT2D eigenvalue weighted by Crippen LogP contribution is 2.28. The van der Waals surface area contributed by atoms with Gasteiger partial charge < -0.3 is 0 Å². The zero-order chi connectivity index (χ0) is 14.0. The lowest BCUT2D eigenvalue weighted by Crippen LogP contribution is -2.10. The molecule has 19 heavy (non-hydrogen) atoms. The second kappa shape index (κ2) is 5.25. The SMILES string of the molecule is CS(=O)c1cnccc1-c1ccc(C(C)(C)C)cc1. The maximum absolute atomic E-state index is 11.7. The van der Waals surface area contributed by atoms with Crippen LogP contribution in [0.2, 0.25) is 0 Å². The Morgan fingerprint density at radius 3 is 2.21 bits per heavy atom. The maximum atomic E-state index is 11.7. The number of aromatic nitrogens is 1. The molecular formula is C16H19NOS. The van der Waals surface area contributed by atoms with Crippen molar-refractivity contribution in [2.45, 2.75) is 31.1 Å². The van der Waals surface area contributed by atoms with Gasteiger partial charge in [0.25, 0.3) is 0 Å². The van der Waals surface area contributed by atoms with E-state index in [-0.39, 0.29) is 5.41 Å². The van der Waals surface area contributed by atoms with Gasteiger partial charge in [-0.2, -0.15) is 0 Å². The summed E-state index contributed by atoms with van der Waals surface area (Å²) in [6.45, 7) is 6.59. The highest BCUT2D eigenvalue weighted by atomic mass is 32.2. The molecular weight excluding hydrogens is 254 g/mol. The summed E-state index contributed by atoms with van der Waals surface area (Å²) in [4.78, 5) is 4.84. The minimum absolute atomic E-state index is 0.146. The van der Waals surface area contributed by atoms with Crippen molar-refractivity contribution in [1.82, 2.24) is 4.98 Å². The number of nitrogens with zero attached hydrogens (tertiary/aromatic N) is 1. The molecule has 2 aromatic rings. The van der Waals surface area contributed by atoms with E-state index < -0.39 is 10.8 Å². The lowest BCUT2D eigenvalue weighted by Gasteiger charge is -2.19. The average Bonchev–Trinajstić information content (AvgIpc) is 2.38. The largest absolute Gasteiger partial charge is 0.263 e. The van der Waals surface area contributed by atoms with Crippen molar-refractivity contribution in [2.24, 2.45) is 0 Å². The van der Waals surface area contributed by atoms with Crippen molar-refractivity contribution in [1.29, 1.82) is 0 Å². The third-order valence-corrected chi connectivity index (χ3v) is 4.10. The van der Waals surface area contributed by atoms with Crippen LogP contribution >= 0.6 is 0 Å². The lowest BCUT2D eigenvalue weighted by atomic mass is 9.86. The van der Waals surface area contributed by atoms with Crippen molar-refractivity contribution >= 4 is 10.8 Å². The predicted molar refractivity (Wildman–Crippen MR) is 80.7 cm³/mol. The first kappa shape index (κ1) is 13.9. The first-order valence-corrected chi connectivity index (χ1v) is 7.84. The van der Waals surface area contributed by atoms with E-state index in [0.717, 1.165) is 16.0 Å². The summed E-state index contributed by atoms with van der Waals surface area (Å²) in [6.07, 6.45) is 5.11. The molecule has 100 valence electrons. The van der Waals surface area contributed by atoms with Crippen molar-refractivity contribution in [3.05, 3.63) is 48.3 Å². The average molecular weight is 273 g/mol. The Morgan fingerprint density at radius 2 is 1.68 bits per heavy atom. The molecule has 0 radical (unpaired) electrons. The molecule has 1 aromatic carbocycles. The number of pyridine rings is 1. The van der Waals surface area contributed by atoms with E-state index >= 15 is 0 Å². The third kappa shape index (κ3) is 3.10. The Balaban J connectivity index is 2.46. The minimum atomic E-state index is -1.03. The molecule has 2 nitrogen and oxygen atoms in total. The van der Waals surface area contributed by atoms with Gasteiger partial charge in [0.1, 0.15) is 0 Å². The first-order chi connectivity index (χ1) is 8.89. The minimum Gasteiger partial charge on any atom is -0.263 e. The molecule has 0 aliphatic heterocycles. The van der Waals surface area contributed by atoms with Gasteiger partial charge in [0, 0.05) is 24.2 Å². The van der Waals surface area contributed by atoms with Crippen LogP contribution in [-0.4, -0.2) is 15.4 Å². The normalized spacial score (nSPS) is 13.3. The summed E-state index contributed by atoms with van der Waals surface area (Å²) < 4.78 is 11.7. The van der Waals surface area contributed by atoms with Crippen LogP contribution in [0.5, 0.6) is 0 Å². The Labute approximate surface area is 117 Å². The molecule has 0 fully saturated rings. The molecule has 1 aromatic heterocycles. The highest BCUT2D eigenvalue weighted by molar-refractivity contribution is 7.84. The quantitative estimate of drug-likeness (QED) is 0.833. The molecule has 1 unspecified atom stereocenters. The van der Waals surface area contributed by atoms with E-state index in [1.807, 2.05) is 6.07 Å². The van der Waals surface area contributed by atoms with Gasteiger partial charge in [0.2, 0.25) is 0 Å². The molecule has 0 saturated carbocycles. The Hall–Kier alpha value is -1.48. The molecule has 0 bridgehead atoms. The molecule has 0 aliphatic carbocycles. The number of hydrogen-bond donors (Lipinski definition) is 0. The highest BCUT2D eigenvalue weighted by Gasteiger charge is 2.14. The van der Waals surface area contributed by atoms with Crippen LogP contribution in [0.15, 0.2) is 47.6 Å². The topological polar surface area (TPSA) is 30.0 Å². The number of benzene rings is 1. The Kier molecular flexibility index (Phi) is 3.85. The van der Waals surface area contributed by atoms with Gasteiger partial charge in [-0.15, -0.1) is 0 Å². The lowest BCUT2D eigenvalue weighted by molar-refractivity contribution is 0.590. The van der Waals surface area contributed by atoms with Crippen molar-refractivity contribution in [2.75, 3.05) is 6.26 Å². The smallest absolute Gasteiger partial charge is 0.0646 e. The zero-order valence-electron chi connectivity index (χ0n) is 11.8. The van der Waals surface area contributed by atoms with Gasteiger partial charge in [-0.05, 0) is 22.6 Å². The maximum Gasteiger partial charge on any atom is 0.0646 e. The van der Waals surface area contributed by atoms with Crippen molar-refractivity contribution < 1.29 is 4.21 Å². The fraction of sp³-hybridized carbons (Fsp3) is 0.312. The number of hydrogen-bond acceptors (Lipinski definition) is 2. The van der Waals surface area contributed by atoms with Gasteiger partial charge >= 0.3 is 0 Å². The molecule has 2 rings (SSSR count). The van der Waals surface area contributed by atoms with Gasteiger partial charge in [0.15, 0.2) is 0 Å². The van der Waals surface area contributed by atoms with Gasteiger partial charge in [-0.25, -0.2) is 0 Å². The molecule has 0 N–H and O–H groups in total. The van der Waals surface area contributed by atoms with Crippen LogP contribution in [0.3, 0.4) is 0 Å². The van der Waals surface area contributed by atoms with E-state index in [1.165, 1.54) is 5.56 Å². The van der Waals surface area contributed by atoms with E-state index in [2.05, 4.69) is 50.0 Å². The van der Waals surface area contributed by atoms with Crippen LogP contribution in [0, 0.1) is 0 Å².